The molecule has 1 N–H and O–H groups in total. The van der Waals surface area contributed by atoms with Gasteiger partial charge < -0.3 is 10.2 Å². The maximum atomic E-state index is 14.3. The van der Waals surface area contributed by atoms with Crippen LogP contribution in [-0.4, -0.2) is 18.6 Å². The third-order valence-electron chi connectivity index (χ3n) is 4.09. The SMILES string of the molecule is CC(C)(C)NCc1c(F)cccc1N1CCCCCCC1. The lowest BCUT2D eigenvalue weighted by atomic mass is 10.0. The van der Waals surface area contributed by atoms with Gasteiger partial charge in [-0.1, -0.05) is 25.3 Å². The van der Waals surface area contributed by atoms with Crippen molar-refractivity contribution in [2.45, 2.75) is 65.0 Å². The van der Waals surface area contributed by atoms with Crippen LogP contribution in [0.3, 0.4) is 0 Å². The molecule has 1 heterocycles. The summed E-state index contributed by atoms with van der Waals surface area (Å²) in [6.07, 6.45) is 6.35. The predicted octanol–water partition coefficient (Wildman–Crippen LogP) is 4.48. The fourth-order valence-corrected chi connectivity index (χ4v) is 2.86. The van der Waals surface area contributed by atoms with Gasteiger partial charge in [0.1, 0.15) is 5.82 Å². The molecule has 0 aliphatic carbocycles. The Morgan fingerprint density at radius 1 is 1.05 bits per heavy atom. The molecule has 21 heavy (non-hydrogen) atoms. The summed E-state index contributed by atoms with van der Waals surface area (Å²) in [5, 5.41) is 3.42. The molecule has 1 fully saturated rings. The molecule has 1 aliphatic rings. The number of hydrogen-bond acceptors (Lipinski definition) is 2. The van der Waals surface area contributed by atoms with Crippen LogP contribution in [0.4, 0.5) is 10.1 Å². The summed E-state index contributed by atoms with van der Waals surface area (Å²) in [5.74, 6) is -0.0914. The molecule has 1 saturated heterocycles. The Bertz CT molecular complexity index is 443. The number of nitrogens with zero attached hydrogens (tertiary/aromatic N) is 1. The van der Waals surface area contributed by atoms with E-state index in [0.717, 1.165) is 24.3 Å². The first-order chi connectivity index (χ1) is 9.97. The molecule has 1 aromatic carbocycles. The Hall–Kier alpha value is -1.09. The lowest BCUT2D eigenvalue weighted by Gasteiger charge is -2.30. The van der Waals surface area contributed by atoms with E-state index in [-0.39, 0.29) is 11.4 Å². The van der Waals surface area contributed by atoms with E-state index in [1.165, 1.54) is 32.1 Å². The number of nitrogens with one attached hydrogen (secondary N) is 1. The number of anilines is 1. The van der Waals surface area contributed by atoms with Crippen molar-refractivity contribution in [1.29, 1.82) is 0 Å². The fraction of sp³-hybridized carbons (Fsp3) is 0.667. The highest BCUT2D eigenvalue weighted by Crippen LogP contribution is 2.26. The highest BCUT2D eigenvalue weighted by molar-refractivity contribution is 5.54. The van der Waals surface area contributed by atoms with Crippen molar-refractivity contribution in [3.8, 4) is 0 Å². The number of benzene rings is 1. The summed E-state index contributed by atoms with van der Waals surface area (Å²) in [7, 11) is 0. The smallest absolute Gasteiger partial charge is 0.129 e. The van der Waals surface area contributed by atoms with Gasteiger partial charge in [0.05, 0.1) is 0 Å². The molecule has 0 unspecified atom stereocenters. The van der Waals surface area contributed by atoms with E-state index in [0.29, 0.717) is 6.54 Å². The van der Waals surface area contributed by atoms with Crippen molar-refractivity contribution >= 4 is 5.69 Å². The largest absolute Gasteiger partial charge is 0.371 e. The zero-order valence-electron chi connectivity index (χ0n) is 13.7. The van der Waals surface area contributed by atoms with Gasteiger partial charge >= 0.3 is 0 Å². The number of halogens is 1. The minimum absolute atomic E-state index is 0.00415. The molecule has 2 nitrogen and oxygen atoms in total. The van der Waals surface area contributed by atoms with Crippen molar-refractivity contribution in [3.05, 3.63) is 29.6 Å². The van der Waals surface area contributed by atoms with Crippen molar-refractivity contribution in [1.82, 2.24) is 5.32 Å². The average Bonchev–Trinajstić information content (AvgIpc) is 2.36. The van der Waals surface area contributed by atoms with Gasteiger partial charge in [-0.3, -0.25) is 0 Å². The van der Waals surface area contributed by atoms with Crippen molar-refractivity contribution in [2.75, 3.05) is 18.0 Å². The van der Waals surface area contributed by atoms with Gasteiger partial charge in [0, 0.05) is 36.4 Å². The molecular weight excluding hydrogens is 263 g/mol. The molecule has 0 atom stereocenters. The molecule has 3 heteroatoms. The van der Waals surface area contributed by atoms with Crippen molar-refractivity contribution in [2.24, 2.45) is 0 Å². The van der Waals surface area contributed by atoms with Gasteiger partial charge in [0.2, 0.25) is 0 Å². The minimum atomic E-state index is -0.0914. The van der Waals surface area contributed by atoms with Crippen LogP contribution in [0.2, 0.25) is 0 Å². The highest BCUT2D eigenvalue weighted by Gasteiger charge is 2.17. The predicted molar refractivity (Wildman–Crippen MR) is 88.3 cm³/mol. The summed E-state index contributed by atoms with van der Waals surface area (Å²) in [6, 6.07) is 5.49. The van der Waals surface area contributed by atoms with Gasteiger partial charge in [0.15, 0.2) is 0 Å². The third-order valence-corrected chi connectivity index (χ3v) is 4.09. The van der Waals surface area contributed by atoms with Crippen LogP contribution in [0.1, 0.15) is 58.4 Å². The number of hydrogen-bond donors (Lipinski definition) is 1. The molecule has 0 radical (unpaired) electrons. The molecule has 0 amide bonds. The van der Waals surface area contributed by atoms with Crippen LogP contribution in [-0.2, 0) is 6.54 Å². The quantitative estimate of drug-likeness (QED) is 0.883. The third kappa shape index (κ3) is 4.99. The zero-order chi connectivity index (χ0) is 15.3. The maximum Gasteiger partial charge on any atom is 0.129 e. The van der Waals surface area contributed by atoms with Crippen molar-refractivity contribution < 1.29 is 4.39 Å². The van der Waals surface area contributed by atoms with Gasteiger partial charge in [-0.25, -0.2) is 4.39 Å². The van der Waals surface area contributed by atoms with Crippen LogP contribution >= 0.6 is 0 Å². The highest BCUT2D eigenvalue weighted by atomic mass is 19.1. The van der Waals surface area contributed by atoms with E-state index in [1.807, 2.05) is 6.07 Å². The van der Waals surface area contributed by atoms with E-state index in [4.69, 9.17) is 0 Å². The van der Waals surface area contributed by atoms with Gasteiger partial charge in [-0.15, -0.1) is 0 Å². The second-order valence-electron chi connectivity index (χ2n) is 7.10. The fourth-order valence-electron chi connectivity index (χ4n) is 2.86. The van der Waals surface area contributed by atoms with E-state index in [1.54, 1.807) is 6.07 Å². The second kappa shape index (κ2) is 7.26. The Balaban J connectivity index is 2.18. The first-order valence-corrected chi connectivity index (χ1v) is 8.25. The number of rotatable bonds is 3. The summed E-state index contributed by atoms with van der Waals surface area (Å²) < 4.78 is 14.3. The molecule has 0 bridgehead atoms. The molecule has 2 rings (SSSR count). The standard InChI is InChI=1S/C18H29FN2/c1-18(2,3)20-14-15-16(19)10-9-11-17(15)21-12-7-5-4-6-8-13-21/h9-11,20H,4-8,12-14H2,1-3H3. The lowest BCUT2D eigenvalue weighted by Crippen LogP contribution is -2.36. The van der Waals surface area contributed by atoms with Crippen LogP contribution in [0.15, 0.2) is 18.2 Å². The molecule has 1 aliphatic heterocycles. The summed E-state index contributed by atoms with van der Waals surface area (Å²) in [5.41, 5.74) is 1.89. The molecule has 0 saturated carbocycles. The Labute approximate surface area is 128 Å². The van der Waals surface area contributed by atoms with E-state index >= 15 is 0 Å². The normalized spacial score (nSPS) is 17.4. The Morgan fingerprint density at radius 2 is 1.67 bits per heavy atom. The molecule has 0 aromatic heterocycles. The minimum Gasteiger partial charge on any atom is -0.371 e. The molecule has 0 spiro atoms. The van der Waals surface area contributed by atoms with Gasteiger partial charge in [-0.2, -0.15) is 0 Å². The van der Waals surface area contributed by atoms with Crippen LogP contribution < -0.4 is 10.2 Å². The Kier molecular flexibility index (Phi) is 5.63. The summed E-state index contributed by atoms with van der Waals surface area (Å²) in [4.78, 5) is 2.38. The maximum absolute atomic E-state index is 14.3. The zero-order valence-corrected chi connectivity index (χ0v) is 13.7. The lowest BCUT2D eigenvalue weighted by molar-refractivity contribution is 0.418. The van der Waals surface area contributed by atoms with Gasteiger partial charge in [-0.05, 0) is 45.7 Å². The first-order valence-electron chi connectivity index (χ1n) is 8.25. The summed E-state index contributed by atoms with van der Waals surface area (Å²) >= 11 is 0. The second-order valence-corrected chi connectivity index (χ2v) is 7.10. The Morgan fingerprint density at radius 3 is 2.29 bits per heavy atom. The van der Waals surface area contributed by atoms with Crippen LogP contribution in [0.5, 0.6) is 0 Å². The molecule has 1 aromatic rings. The van der Waals surface area contributed by atoms with Gasteiger partial charge in [0.25, 0.3) is 0 Å². The first kappa shape index (κ1) is 16.3. The molecule has 118 valence electrons. The topological polar surface area (TPSA) is 15.3 Å². The molecular formula is C18H29FN2. The average molecular weight is 292 g/mol. The van der Waals surface area contributed by atoms with E-state index in [2.05, 4.69) is 37.1 Å². The monoisotopic (exact) mass is 292 g/mol. The summed E-state index contributed by atoms with van der Waals surface area (Å²) in [6.45, 7) is 9.02. The van der Waals surface area contributed by atoms with Crippen molar-refractivity contribution in [3.63, 3.8) is 0 Å². The van der Waals surface area contributed by atoms with E-state index < -0.39 is 0 Å². The van der Waals surface area contributed by atoms with Crippen LogP contribution in [0.25, 0.3) is 0 Å². The van der Waals surface area contributed by atoms with Crippen LogP contribution in [0, 0.1) is 5.82 Å². The van der Waals surface area contributed by atoms with E-state index in [9.17, 15) is 4.39 Å².